The Kier molecular flexibility index (Phi) is 3.56. The molecule has 3 aromatic rings. The first-order valence-corrected chi connectivity index (χ1v) is 8.28. The largest absolute Gasteiger partial charge is 0.377 e. The highest BCUT2D eigenvalue weighted by Gasteiger charge is 2.23. The molecule has 1 aliphatic heterocycles. The minimum absolute atomic E-state index is 0.302. The van der Waals surface area contributed by atoms with E-state index >= 15 is 0 Å². The van der Waals surface area contributed by atoms with Gasteiger partial charge in [0.25, 0.3) is 0 Å². The van der Waals surface area contributed by atoms with Gasteiger partial charge in [-0.3, -0.25) is 5.10 Å². The molecule has 1 saturated heterocycles. The summed E-state index contributed by atoms with van der Waals surface area (Å²) in [6.45, 7) is 8.52. The van der Waals surface area contributed by atoms with E-state index in [9.17, 15) is 0 Å². The molecule has 124 valence electrons. The van der Waals surface area contributed by atoms with Crippen LogP contribution in [0.1, 0.15) is 18.3 Å². The first-order valence-electron chi connectivity index (χ1n) is 8.28. The maximum absolute atomic E-state index is 5.57. The van der Waals surface area contributed by atoms with E-state index in [0.29, 0.717) is 6.04 Å². The van der Waals surface area contributed by atoms with Crippen molar-refractivity contribution in [2.75, 3.05) is 24.7 Å². The molecule has 4 rings (SSSR count). The van der Waals surface area contributed by atoms with Crippen molar-refractivity contribution in [2.45, 2.75) is 26.8 Å². The molecular formula is C16H21BN6O. The van der Waals surface area contributed by atoms with Gasteiger partial charge in [0.1, 0.15) is 13.7 Å². The Morgan fingerprint density at radius 1 is 1.38 bits per heavy atom. The van der Waals surface area contributed by atoms with Gasteiger partial charge in [0.2, 0.25) is 0 Å². The van der Waals surface area contributed by atoms with Gasteiger partial charge in [0, 0.05) is 30.1 Å². The molecule has 0 aromatic carbocycles. The van der Waals surface area contributed by atoms with Crippen LogP contribution in [0.15, 0.2) is 12.3 Å². The number of aryl methyl sites for hydroxylation is 2. The molecule has 3 aromatic heterocycles. The Bertz CT molecular complexity index is 882. The molecule has 8 heteroatoms. The number of hydrogen-bond donors (Lipinski definition) is 1. The van der Waals surface area contributed by atoms with Gasteiger partial charge in [-0.25, -0.2) is 9.50 Å². The van der Waals surface area contributed by atoms with E-state index in [2.05, 4.69) is 33.2 Å². The zero-order valence-corrected chi connectivity index (χ0v) is 14.5. The van der Waals surface area contributed by atoms with E-state index < -0.39 is 0 Å². The molecule has 0 bridgehead atoms. The predicted molar refractivity (Wildman–Crippen MR) is 95.8 cm³/mol. The van der Waals surface area contributed by atoms with Crippen LogP contribution < -0.4 is 10.4 Å². The van der Waals surface area contributed by atoms with Crippen molar-refractivity contribution in [1.29, 1.82) is 0 Å². The van der Waals surface area contributed by atoms with Crippen molar-refractivity contribution in [1.82, 2.24) is 24.8 Å². The van der Waals surface area contributed by atoms with Gasteiger partial charge in [-0.05, 0) is 26.2 Å². The van der Waals surface area contributed by atoms with Crippen molar-refractivity contribution in [2.24, 2.45) is 0 Å². The number of anilines is 1. The topological polar surface area (TPSA) is 71.3 Å². The highest BCUT2D eigenvalue weighted by atomic mass is 16.5. The number of aromatic amines is 1. The average molecular weight is 324 g/mol. The molecule has 0 spiro atoms. The molecule has 24 heavy (non-hydrogen) atoms. The van der Waals surface area contributed by atoms with Crippen molar-refractivity contribution < 1.29 is 4.74 Å². The number of aromatic nitrogens is 5. The van der Waals surface area contributed by atoms with E-state index in [-0.39, 0.29) is 0 Å². The lowest BCUT2D eigenvalue weighted by Crippen LogP contribution is -2.44. The molecule has 1 atom stereocenters. The summed E-state index contributed by atoms with van der Waals surface area (Å²) in [5, 5.41) is 11.9. The SMILES string of the molecule is Bc1cnn2c(-c3c(C)n[nH]c3C)cc(N3CCOC[C@H]3C)nc12. The van der Waals surface area contributed by atoms with Gasteiger partial charge in [-0.1, -0.05) is 0 Å². The highest BCUT2D eigenvalue weighted by molar-refractivity contribution is 6.36. The van der Waals surface area contributed by atoms with E-state index in [1.54, 1.807) is 0 Å². The summed E-state index contributed by atoms with van der Waals surface area (Å²) in [6.07, 6.45) is 1.86. The standard InChI is InChI=1S/C16H21BN6O/c1-9-8-24-5-4-22(9)14-6-13(15-10(2)20-21-11(15)3)23-16(19-14)12(17)7-18-23/h6-7,9H,4-5,8,17H2,1-3H3,(H,20,21)/t9-/m1/s1. The van der Waals surface area contributed by atoms with Crippen molar-refractivity contribution >= 4 is 24.8 Å². The second-order valence-corrected chi connectivity index (χ2v) is 6.49. The first kappa shape index (κ1) is 15.2. The molecule has 0 amide bonds. The number of nitrogens with zero attached hydrogens (tertiary/aromatic N) is 5. The maximum atomic E-state index is 5.57. The van der Waals surface area contributed by atoms with E-state index in [1.165, 1.54) is 0 Å². The Balaban J connectivity index is 1.95. The van der Waals surface area contributed by atoms with Crippen molar-refractivity contribution in [3.05, 3.63) is 23.7 Å². The third kappa shape index (κ3) is 2.29. The number of fused-ring (bicyclic) bond motifs is 1. The van der Waals surface area contributed by atoms with Crippen LogP contribution in [0.25, 0.3) is 16.9 Å². The molecule has 0 aliphatic carbocycles. The summed E-state index contributed by atoms with van der Waals surface area (Å²) >= 11 is 0. The smallest absolute Gasteiger partial charge is 0.151 e. The van der Waals surface area contributed by atoms with Gasteiger partial charge in [0.05, 0.1) is 30.6 Å². The van der Waals surface area contributed by atoms with Gasteiger partial charge >= 0.3 is 0 Å². The summed E-state index contributed by atoms with van der Waals surface area (Å²) in [4.78, 5) is 7.19. The van der Waals surface area contributed by atoms with Gasteiger partial charge in [-0.15, -0.1) is 0 Å². The zero-order valence-electron chi connectivity index (χ0n) is 14.5. The number of morpholine rings is 1. The summed E-state index contributed by atoms with van der Waals surface area (Å²) in [6, 6.07) is 2.42. The molecular weight excluding hydrogens is 303 g/mol. The van der Waals surface area contributed by atoms with Crippen LogP contribution in [-0.2, 0) is 4.74 Å². The number of H-pyrrole nitrogens is 1. The highest BCUT2D eigenvalue weighted by Crippen LogP contribution is 2.29. The fraction of sp³-hybridized carbons (Fsp3) is 0.438. The Morgan fingerprint density at radius 2 is 2.21 bits per heavy atom. The minimum Gasteiger partial charge on any atom is -0.377 e. The lowest BCUT2D eigenvalue weighted by Gasteiger charge is -2.34. The van der Waals surface area contributed by atoms with Crippen LogP contribution in [0, 0.1) is 13.8 Å². The Labute approximate surface area is 141 Å². The molecule has 7 nitrogen and oxygen atoms in total. The van der Waals surface area contributed by atoms with E-state index in [0.717, 1.165) is 59.3 Å². The quantitative estimate of drug-likeness (QED) is 0.683. The lowest BCUT2D eigenvalue weighted by atomic mass is 10.0. The van der Waals surface area contributed by atoms with Crippen LogP contribution in [-0.4, -0.2) is 58.4 Å². The summed E-state index contributed by atoms with van der Waals surface area (Å²) < 4.78 is 7.48. The maximum Gasteiger partial charge on any atom is 0.151 e. The van der Waals surface area contributed by atoms with Crippen LogP contribution in [0.3, 0.4) is 0 Å². The van der Waals surface area contributed by atoms with Crippen molar-refractivity contribution in [3.63, 3.8) is 0 Å². The minimum atomic E-state index is 0.302. The third-order valence-electron chi connectivity index (χ3n) is 4.68. The Morgan fingerprint density at radius 3 is 2.92 bits per heavy atom. The normalized spacial score (nSPS) is 18.5. The summed E-state index contributed by atoms with van der Waals surface area (Å²) in [5.74, 6) is 0.969. The molecule has 1 aliphatic rings. The summed E-state index contributed by atoms with van der Waals surface area (Å²) in [7, 11) is 2.04. The molecule has 0 saturated carbocycles. The second-order valence-electron chi connectivity index (χ2n) is 6.49. The second kappa shape index (κ2) is 5.63. The van der Waals surface area contributed by atoms with Gasteiger partial charge in [-0.2, -0.15) is 10.2 Å². The number of nitrogens with one attached hydrogen (secondary N) is 1. The predicted octanol–water partition coefficient (Wildman–Crippen LogP) is 0.220. The molecule has 4 heterocycles. The molecule has 1 fully saturated rings. The fourth-order valence-electron chi connectivity index (χ4n) is 3.38. The number of rotatable bonds is 2. The first-order chi connectivity index (χ1) is 11.6. The third-order valence-corrected chi connectivity index (χ3v) is 4.68. The molecule has 0 unspecified atom stereocenters. The summed E-state index contributed by atoms with van der Waals surface area (Å²) in [5.41, 5.74) is 6.07. The fourth-order valence-corrected chi connectivity index (χ4v) is 3.38. The van der Waals surface area contributed by atoms with Gasteiger partial charge < -0.3 is 9.64 Å². The van der Waals surface area contributed by atoms with Crippen LogP contribution in [0.4, 0.5) is 5.82 Å². The lowest BCUT2D eigenvalue weighted by molar-refractivity contribution is 0.0985. The van der Waals surface area contributed by atoms with E-state index in [4.69, 9.17) is 9.72 Å². The average Bonchev–Trinajstić information content (AvgIpc) is 3.10. The van der Waals surface area contributed by atoms with E-state index in [1.807, 2.05) is 32.4 Å². The van der Waals surface area contributed by atoms with Crippen molar-refractivity contribution in [3.8, 4) is 11.3 Å². The molecule has 0 radical (unpaired) electrons. The van der Waals surface area contributed by atoms with Crippen LogP contribution in [0.2, 0.25) is 0 Å². The van der Waals surface area contributed by atoms with Crippen LogP contribution in [0.5, 0.6) is 0 Å². The monoisotopic (exact) mass is 324 g/mol. The number of ether oxygens (including phenoxy) is 1. The Hall–Kier alpha value is -2.35. The van der Waals surface area contributed by atoms with Crippen LogP contribution >= 0.6 is 0 Å². The van der Waals surface area contributed by atoms with Gasteiger partial charge in [0.15, 0.2) is 5.65 Å². The number of hydrogen-bond acceptors (Lipinski definition) is 5. The zero-order chi connectivity index (χ0) is 16.8. The molecule has 1 N–H and O–H groups in total.